The molecular formula is C8H18N2O3S. The van der Waals surface area contributed by atoms with Gasteiger partial charge in [-0.25, -0.2) is 8.42 Å². The second-order valence-electron chi connectivity index (χ2n) is 3.63. The number of nitrogens with zero attached hydrogens (tertiary/aromatic N) is 1. The molecule has 14 heavy (non-hydrogen) atoms. The number of morpholine rings is 1. The maximum atomic E-state index is 11.0. The van der Waals surface area contributed by atoms with E-state index in [2.05, 4.69) is 4.90 Å². The number of rotatable bonds is 4. The molecule has 5 nitrogen and oxygen atoms in total. The van der Waals surface area contributed by atoms with Gasteiger partial charge in [-0.05, 0) is 0 Å². The first kappa shape index (κ1) is 11.9. The minimum Gasteiger partial charge on any atom is -0.378 e. The summed E-state index contributed by atoms with van der Waals surface area (Å²) in [7, 11) is -2.88. The van der Waals surface area contributed by atoms with Gasteiger partial charge in [0, 0.05) is 31.9 Å². The van der Waals surface area contributed by atoms with Crippen LogP contribution in [0.4, 0.5) is 0 Å². The van der Waals surface area contributed by atoms with Gasteiger partial charge >= 0.3 is 0 Å². The van der Waals surface area contributed by atoms with E-state index in [4.69, 9.17) is 10.5 Å². The summed E-state index contributed by atoms with van der Waals surface area (Å²) in [6, 6.07) is 0.172. The maximum absolute atomic E-state index is 11.0. The third kappa shape index (κ3) is 3.91. The minimum absolute atomic E-state index is 0.172. The van der Waals surface area contributed by atoms with E-state index in [1.807, 2.05) is 0 Å². The fraction of sp³-hybridized carbons (Fsp3) is 1.00. The molecule has 0 aromatic heterocycles. The van der Waals surface area contributed by atoms with Gasteiger partial charge in [-0.2, -0.15) is 0 Å². The van der Waals surface area contributed by atoms with Crippen LogP contribution in [0.5, 0.6) is 0 Å². The molecule has 2 N–H and O–H groups in total. The summed E-state index contributed by atoms with van der Waals surface area (Å²) in [5.41, 5.74) is 5.56. The lowest BCUT2D eigenvalue weighted by molar-refractivity contribution is -0.000752. The highest BCUT2D eigenvalue weighted by molar-refractivity contribution is 7.90. The fourth-order valence-corrected chi connectivity index (χ4v) is 2.05. The SMILES string of the molecule is CS(=O)(=O)CCN1CCOCC1CN. The predicted molar refractivity (Wildman–Crippen MR) is 54.9 cm³/mol. The molecule has 0 spiro atoms. The van der Waals surface area contributed by atoms with E-state index in [0.29, 0.717) is 26.3 Å². The van der Waals surface area contributed by atoms with Crippen LogP contribution in [0, 0.1) is 0 Å². The van der Waals surface area contributed by atoms with Crippen molar-refractivity contribution in [2.45, 2.75) is 6.04 Å². The molecule has 6 heteroatoms. The predicted octanol–water partition coefficient (Wildman–Crippen LogP) is -1.31. The zero-order valence-electron chi connectivity index (χ0n) is 8.48. The molecule has 0 amide bonds. The van der Waals surface area contributed by atoms with Crippen molar-refractivity contribution in [3.63, 3.8) is 0 Å². The lowest BCUT2D eigenvalue weighted by Crippen LogP contribution is -2.50. The molecule has 84 valence electrons. The van der Waals surface area contributed by atoms with Crippen LogP contribution < -0.4 is 5.73 Å². The normalized spacial score (nSPS) is 25.1. The van der Waals surface area contributed by atoms with Crippen LogP contribution in [-0.2, 0) is 14.6 Å². The minimum atomic E-state index is -2.88. The van der Waals surface area contributed by atoms with Gasteiger partial charge in [0.15, 0.2) is 0 Å². The molecule has 0 bridgehead atoms. The van der Waals surface area contributed by atoms with Crippen molar-refractivity contribution in [1.29, 1.82) is 0 Å². The van der Waals surface area contributed by atoms with E-state index in [9.17, 15) is 8.42 Å². The average molecular weight is 222 g/mol. The van der Waals surface area contributed by atoms with Crippen molar-refractivity contribution in [1.82, 2.24) is 4.90 Å². The topological polar surface area (TPSA) is 72.6 Å². The van der Waals surface area contributed by atoms with Crippen LogP contribution in [0.15, 0.2) is 0 Å². The van der Waals surface area contributed by atoms with Crippen molar-refractivity contribution in [3.8, 4) is 0 Å². The van der Waals surface area contributed by atoms with E-state index >= 15 is 0 Å². The van der Waals surface area contributed by atoms with Gasteiger partial charge in [0.1, 0.15) is 9.84 Å². The highest BCUT2D eigenvalue weighted by Gasteiger charge is 2.22. The molecule has 1 fully saturated rings. The van der Waals surface area contributed by atoms with Crippen LogP contribution in [0.1, 0.15) is 0 Å². The van der Waals surface area contributed by atoms with Gasteiger partial charge in [0.25, 0.3) is 0 Å². The van der Waals surface area contributed by atoms with Crippen LogP contribution in [0.25, 0.3) is 0 Å². The van der Waals surface area contributed by atoms with Crippen molar-refractivity contribution >= 4 is 9.84 Å². The number of ether oxygens (including phenoxy) is 1. The Morgan fingerprint density at radius 1 is 1.57 bits per heavy atom. The number of hydrogen-bond donors (Lipinski definition) is 1. The van der Waals surface area contributed by atoms with E-state index in [0.717, 1.165) is 6.54 Å². The summed E-state index contributed by atoms with van der Waals surface area (Å²) in [5, 5.41) is 0. The fourth-order valence-electron chi connectivity index (χ4n) is 1.48. The van der Waals surface area contributed by atoms with Gasteiger partial charge < -0.3 is 10.5 Å². The smallest absolute Gasteiger partial charge is 0.148 e. The first-order valence-electron chi connectivity index (χ1n) is 4.72. The van der Waals surface area contributed by atoms with Crippen LogP contribution >= 0.6 is 0 Å². The van der Waals surface area contributed by atoms with Gasteiger partial charge in [-0.15, -0.1) is 0 Å². The number of nitrogens with two attached hydrogens (primary N) is 1. The van der Waals surface area contributed by atoms with E-state index in [-0.39, 0.29) is 11.8 Å². The lowest BCUT2D eigenvalue weighted by atomic mass is 10.2. The second-order valence-corrected chi connectivity index (χ2v) is 5.89. The Labute approximate surface area is 85.1 Å². The van der Waals surface area contributed by atoms with Crippen LogP contribution in [0.3, 0.4) is 0 Å². The largest absolute Gasteiger partial charge is 0.378 e. The average Bonchev–Trinajstić information content (AvgIpc) is 2.14. The molecule has 0 aromatic rings. The summed E-state index contributed by atoms with van der Waals surface area (Å²) in [5.74, 6) is 0.198. The number of sulfone groups is 1. The molecule has 1 saturated heterocycles. The Balaban J connectivity index is 2.41. The molecule has 0 aliphatic carbocycles. The molecular weight excluding hydrogens is 204 g/mol. The Kier molecular flexibility index (Phi) is 4.31. The first-order valence-corrected chi connectivity index (χ1v) is 6.78. The molecule has 1 rings (SSSR count). The van der Waals surface area contributed by atoms with Crippen molar-refractivity contribution in [3.05, 3.63) is 0 Å². The van der Waals surface area contributed by atoms with E-state index in [1.54, 1.807) is 0 Å². The third-order valence-electron chi connectivity index (χ3n) is 2.37. The lowest BCUT2D eigenvalue weighted by Gasteiger charge is -2.34. The number of hydrogen-bond acceptors (Lipinski definition) is 5. The summed E-state index contributed by atoms with van der Waals surface area (Å²) in [4.78, 5) is 2.09. The molecule has 1 atom stereocenters. The maximum Gasteiger partial charge on any atom is 0.148 e. The molecule has 0 radical (unpaired) electrons. The van der Waals surface area contributed by atoms with Crippen LogP contribution in [-0.4, -0.2) is 64.2 Å². The van der Waals surface area contributed by atoms with Gasteiger partial charge in [0.2, 0.25) is 0 Å². The van der Waals surface area contributed by atoms with Crippen molar-refractivity contribution in [2.75, 3.05) is 44.9 Å². The monoisotopic (exact) mass is 222 g/mol. The van der Waals surface area contributed by atoms with Crippen molar-refractivity contribution < 1.29 is 13.2 Å². The van der Waals surface area contributed by atoms with Gasteiger partial charge in [-0.3, -0.25) is 4.90 Å². The first-order chi connectivity index (χ1) is 6.53. The second kappa shape index (κ2) is 5.06. The summed E-state index contributed by atoms with van der Waals surface area (Å²) >= 11 is 0. The molecule has 0 saturated carbocycles. The van der Waals surface area contributed by atoms with E-state index < -0.39 is 9.84 Å². The van der Waals surface area contributed by atoms with Crippen LogP contribution in [0.2, 0.25) is 0 Å². The highest BCUT2D eigenvalue weighted by Crippen LogP contribution is 2.05. The molecule has 1 aliphatic heterocycles. The molecule has 0 aromatic carbocycles. The highest BCUT2D eigenvalue weighted by atomic mass is 32.2. The Hall–Kier alpha value is -0.170. The van der Waals surface area contributed by atoms with Gasteiger partial charge in [-0.1, -0.05) is 0 Å². The quantitative estimate of drug-likeness (QED) is 0.639. The summed E-state index contributed by atoms with van der Waals surface area (Å²) in [6.07, 6.45) is 1.25. The molecule has 1 aliphatic rings. The Morgan fingerprint density at radius 3 is 2.86 bits per heavy atom. The zero-order chi connectivity index (χ0) is 10.6. The Bertz CT molecular complexity index is 266. The van der Waals surface area contributed by atoms with Crippen molar-refractivity contribution in [2.24, 2.45) is 5.73 Å². The standard InChI is InChI=1S/C8H18N2O3S/c1-14(11,12)5-3-10-2-4-13-7-8(10)6-9/h8H,2-7,9H2,1H3. The van der Waals surface area contributed by atoms with Gasteiger partial charge in [0.05, 0.1) is 19.0 Å². The zero-order valence-corrected chi connectivity index (χ0v) is 9.29. The Morgan fingerprint density at radius 2 is 2.29 bits per heavy atom. The third-order valence-corrected chi connectivity index (χ3v) is 3.29. The molecule has 1 heterocycles. The summed E-state index contributed by atoms with van der Waals surface area (Å²) < 4.78 is 27.2. The molecule has 1 unspecified atom stereocenters. The summed E-state index contributed by atoms with van der Waals surface area (Å²) in [6.45, 7) is 3.13. The van der Waals surface area contributed by atoms with E-state index in [1.165, 1.54) is 6.26 Å².